The molecular formula is C17H13N3O3. The summed E-state index contributed by atoms with van der Waals surface area (Å²) >= 11 is 0. The Kier molecular flexibility index (Phi) is 3.08. The smallest absolute Gasteiger partial charge is 0.270 e. The zero-order valence-electron chi connectivity index (χ0n) is 12.2. The summed E-state index contributed by atoms with van der Waals surface area (Å²) < 4.78 is 5.86. The summed E-state index contributed by atoms with van der Waals surface area (Å²) in [6, 6.07) is 14.2. The molecule has 1 aromatic heterocycles. The zero-order chi connectivity index (χ0) is 15.8. The van der Waals surface area contributed by atoms with Crippen molar-refractivity contribution in [1.29, 1.82) is 0 Å². The first kappa shape index (κ1) is 13.5. The Bertz CT molecular complexity index is 943. The van der Waals surface area contributed by atoms with Crippen LogP contribution in [0.1, 0.15) is 5.76 Å². The van der Waals surface area contributed by atoms with Crippen LogP contribution in [0.15, 0.2) is 57.9 Å². The first-order chi connectivity index (χ1) is 11.2. The zero-order valence-corrected chi connectivity index (χ0v) is 12.2. The van der Waals surface area contributed by atoms with Gasteiger partial charge in [-0.3, -0.25) is 15.1 Å². The van der Waals surface area contributed by atoms with Crippen molar-refractivity contribution in [2.75, 3.05) is 13.1 Å². The predicted molar refractivity (Wildman–Crippen MR) is 87.7 cm³/mol. The SMILES string of the molecule is O=[N+]([O-])c1cccc(-c2cccc3oc(C4=NCCN4)cc23)c1. The average molecular weight is 307 g/mol. The molecule has 0 radical (unpaired) electrons. The molecule has 0 saturated carbocycles. The molecule has 0 fully saturated rings. The number of hydrogen-bond acceptors (Lipinski definition) is 5. The van der Waals surface area contributed by atoms with Crippen LogP contribution >= 0.6 is 0 Å². The molecule has 2 heterocycles. The van der Waals surface area contributed by atoms with Crippen LogP contribution in [0.5, 0.6) is 0 Å². The highest BCUT2D eigenvalue weighted by Crippen LogP contribution is 2.32. The molecule has 0 bridgehead atoms. The molecule has 0 unspecified atom stereocenters. The Morgan fingerprint density at radius 1 is 1.17 bits per heavy atom. The highest BCUT2D eigenvalue weighted by Gasteiger charge is 2.16. The number of aliphatic imine (C=N–C) groups is 1. The first-order valence-corrected chi connectivity index (χ1v) is 7.28. The van der Waals surface area contributed by atoms with E-state index in [1.54, 1.807) is 12.1 Å². The normalized spacial score (nSPS) is 13.8. The fraction of sp³-hybridized carbons (Fsp3) is 0.118. The minimum Gasteiger partial charge on any atom is -0.453 e. The molecule has 2 aromatic carbocycles. The summed E-state index contributed by atoms with van der Waals surface area (Å²) in [5.74, 6) is 1.45. The third kappa shape index (κ3) is 2.34. The highest BCUT2D eigenvalue weighted by atomic mass is 16.6. The van der Waals surface area contributed by atoms with Gasteiger partial charge in [-0.15, -0.1) is 0 Å². The lowest BCUT2D eigenvalue weighted by atomic mass is 10.0. The van der Waals surface area contributed by atoms with Gasteiger partial charge in [0.2, 0.25) is 0 Å². The molecule has 3 aromatic rings. The van der Waals surface area contributed by atoms with Gasteiger partial charge in [-0.1, -0.05) is 24.3 Å². The number of furan rings is 1. The average Bonchev–Trinajstić information content (AvgIpc) is 3.23. The molecule has 4 rings (SSSR count). The van der Waals surface area contributed by atoms with Crippen molar-refractivity contribution in [2.45, 2.75) is 0 Å². The molecule has 1 N–H and O–H groups in total. The Morgan fingerprint density at radius 3 is 2.83 bits per heavy atom. The summed E-state index contributed by atoms with van der Waals surface area (Å²) in [4.78, 5) is 15.0. The van der Waals surface area contributed by atoms with Gasteiger partial charge in [0.15, 0.2) is 11.6 Å². The van der Waals surface area contributed by atoms with Crippen molar-refractivity contribution in [1.82, 2.24) is 5.32 Å². The molecule has 23 heavy (non-hydrogen) atoms. The number of benzene rings is 2. The number of fused-ring (bicyclic) bond motifs is 1. The van der Waals surface area contributed by atoms with E-state index in [4.69, 9.17) is 4.42 Å². The predicted octanol–water partition coefficient (Wildman–Crippen LogP) is 3.36. The van der Waals surface area contributed by atoms with Crippen molar-refractivity contribution < 1.29 is 9.34 Å². The van der Waals surface area contributed by atoms with Crippen LogP contribution < -0.4 is 5.32 Å². The summed E-state index contributed by atoms with van der Waals surface area (Å²) in [6.45, 7) is 1.55. The lowest BCUT2D eigenvalue weighted by molar-refractivity contribution is -0.384. The highest BCUT2D eigenvalue weighted by molar-refractivity contribution is 6.03. The van der Waals surface area contributed by atoms with E-state index in [9.17, 15) is 10.1 Å². The van der Waals surface area contributed by atoms with Crippen LogP contribution in [0.25, 0.3) is 22.1 Å². The van der Waals surface area contributed by atoms with Crippen LogP contribution in [-0.2, 0) is 0 Å². The van der Waals surface area contributed by atoms with Crippen LogP contribution in [-0.4, -0.2) is 23.8 Å². The molecule has 0 spiro atoms. The first-order valence-electron chi connectivity index (χ1n) is 7.28. The van der Waals surface area contributed by atoms with E-state index >= 15 is 0 Å². The number of amidine groups is 1. The van der Waals surface area contributed by atoms with E-state index < -0.39 is 0 Å². The number of rotatable bonds is 3. The Hall–Kier alpha value is -3.15. The van der Waals surface area contributed by atoms with Gasteiger partial charge in [0.1, 0.15) is 5.58 Å². The maximum Gasteiger partial charge on any atom is 0.270 e. The van der Waals surface area contributed by atoms with E-state index in [1.807, 2.05) is 30.3 Å². The largest absolute Gasteiger partial charge is 0.453 e. The Morgan fingerprint density at radius 2 is 2.04 bits per heavy atom. The van der Waals surface area contributed by atoms with Crippen molar-refractivity contribution in [3.05, 3.63) is 64.4 Å². The fourth-order valence-electron chi connectivity index (χ4n) is 2.78. The van der Waals surface area contributed by atoms with Gasteiger partial charge in [0.25, 0.3) is 5.69 Å². The second-order valence-electron chi connectivity index (χ2n) is 5.29. The third-order valence-electron chi connectivity index (χ3n) is 3.84. The van der Waals surface area contributed by atoms with Gasteiger partial charge in [-0.2, -0.15) is 0 Å². The molecule has 6 nitrogen and oxygen atoms in total. The molecule has 0 aliphatic carbocycles. The number of nitro groups is 1. The van der Waals surface area contributed by atoms with Crippen LogP contribution in [0.4, 0.5) is 5.69 Å². The molecule has 114 valence electrons. The van der Waals surface area contributed by atoms with Gasteiger partial charge in [-0.25, -0.2) is 0 Å². The van der Waals surface area contributed by atoms with Crippen molar-refractivity contribution in [3.8, 4) is 11.1 Å². The summed E-state index contributed by atoms with van der Waals surface area (Å²) in [5, 5.41) is 15.1. The standard InChI is InChI=1S/C17H13N3O3/c21-20(22)12-4-1-3-11(9-12)13-5-2-6-15-14(13)10-16(23-15)17-18-7-8-19-17/h1-6,9-10H,7-8H2,(H,18,19). The van der Waals surface area contributed by atoms with Gasteiger partial charge < -0.3 is 9.73 Å². The van der Waals surface area contributed by atoms with Crippen LogP contribution in [0.2, 0.25) is 0 Å². The number of nitrogens with one attached hydrogen (secondary N) is 1. The molecule has 0 atom stereocenters. The summed E-state index contributed by atoms with van der Waals surface area (Å²) in [6.07, 6.45) is 0. The minimum atomic E-state index is -0.387. The maximum absolute atomic E-state index is 11.0. The number of nitrogens with zero attached hydrogens (tertiary/aromatic N) is 2. The second kappa shape index (κ2) is 5.24. The summed E-state index contributed by atoms with van der Waals surface area (Å²) in [7, 11) is 0. The second-order valence-corrected chi connectivity index (χ2v) is 5.29. The third-order valence-corrected chi connectivity index (χ3v) is 3.84. The summed E-state index contributed by atoms with van der Waals surface area (Å²) in [5.41, 5.74) is 2.50. The number of nitro benzene ring substituents is 1. The quantitative estimate of drug-likeness (QED) is 0.594. The van der Waals surface area contributed by atoms with E-state index in [2.05, 4.69) is 10.3 Å². The van der Waals surface area contributed by atoms with Crippen molar-refractivity contribution >= 4 is 22.5 Å². The van der Waals surface area contributed by atoms with Crippen molar-refractivity contribution in [2.24, 2.45) is 4.99 Å². The molecular weight excluding hydrogens is 294 g/mol. The van der Waals surface area contributed by atoms with Gasteiger partial charge in [0.05, 0.1) is 11.5 Å². The lowest BCUT2D eigenvalue weighted by Crippen LogP contribution is -2.18. The number of hydrogen-bond donors (Lipinski definition) is 1. The van der Waals surface area contributed by atoms with E-state index in [0.717, 1.165) is 41.0 Å². The lowest BCUT2D eigenvalue weighted by Gasteiger charge is -2.02. The van der Waals surface area contributed by atoms with Gasteiger partial charge in [0, 0.05) is 24.1 Å². The molecule has 6 heteroatoms. The van der Waals surface area contributed by atoms with Crippen LogP contribution in [0.3, 0.4) is 0 Å². The fourth-order valence-corrected chi connectivity index (χ4v) is 2.78. The van der Waals surface area contributed by atoms with Crippen molar-refractivity contribution in [3.63, 3.8) is 0 Å². The molecule has 0 saturated heterocycles. The van der Waals surface area contributed by atoms with Gasteiger partial charge in [-0.05, 0) is 23.3 Å². The molecule has 0 amide bonds. The molecule has 1 aliphatic rings. The van der Waals surface area contributed by atoms with E-state index in [0.29, 0.717) is 5.76 Å². The number of non-ortho nitro benzene ring substituents is 1. The maximum atomic E-state index is 11.0. The van der Waals surface area contributed by atoms with Gasteiger partial charge >= 0.3 is 0 Å². The topological polar surface area (TPSA) is 80.7 Å². The van der Waals surface area contributed by atoms with E-state index in [-0.39, 0.29) is 10.6 Å². The molecule has 1 aliphatic heterocycles. The Balaban J connectivity index is 1.87. The monoisotopic (exact) mass is 307 g/mol. The van der Waals surface area contributed by atoms with E-state index in [1.165, 1.54) is 6.07 Å². The Labute approximate surface area is 131 Å². The van der Waals surface area contributed by atoms with Crippen LogP contribution in [0, 0.1) is 10.1 Å². The minimum absolute atomic E-state index is 0.0741.